The molecule has 88 valence electrons. The van der Waals surface area contributed by atoms with Gasteiger partial charge in [0.05, 0.1) is 25.9 Å². The fourth-order valence-electron chi connectivity index (χ4n) is 1.74. The quantitative estimate of drug-likeness (QED) is 0.742. The summed E-state index contributed by atoms with van der Waals surface area (Å²) in [6.45, 7) is 2.08. The van der Waals surface area contributed by atoms with E-state index in [1.54, 1.807) is 6.20 Å². The molecule has 0 aliphatic carbocycles. The summed E-state index contributed by atoms with van der Waals surface area (Å²) in [5.74, 6) is 0.860. The van der Waals surface area contributed by atoms with E-state index < -0.39 is 0 Å². The number of rotatable bonds is 3. The Bertz CT molecular complexity index is 329. The molecule has 0 aromatic carbocycles. The molecule has 2 rings (SSSR count). The van der Waals surface area contributed by atoms with Crippen LogP contribution in [-0.2, 0) is 11.3 Å². The molecular formula is C11H16N2O3. The zero-order chi connectivity index (χ0) is 11.4. The molecule has 1 aliphatic heterocycles. The van der Waals surface area contributed by atoms with Gasteiger partial charge in [0.2, 0.25) is 0 Å². The Morgan fingerprint density at radius 2 is 2.31 bits per heavy atom. The second-order valence-corrected chi connectivity index (χ2v) is 3.80. The minimum Gasteiger partial charge on any atom is -0.394 e. The molecule has 1 unspecified atom stereocenters. The number of hydrogen-bond acceptors (Lipinski definition) is 5. The van der Waals surface area contributed by atoms with Gasteiger partial charge in [0.25, 0.3) is 0 Å². The number of anilines is 1. The molecule has 2 heterocycles. The van der Waals surface area contributed by atoms with Crippen molar-refractivity contribution in [2.24, 2.45) is 0 Å². The van der Waals surface area contributed by atoms with Gasteiger partial charge in [-0.15, -0.1) is 0 Å². The second-order valence-electron chi connectivity index (χ2n) is 3.80. The summed E-state index contributed by atoms with van der Waals surface area (Å²) in [4.78, 5) is 6.35. The first-order valence-corrected chi connectivity index (χ1v) is 5.36. The molecule has 0 amide bonds. The normalized spacial score (nSPS) is 21.1. The minimum absolute atomic E-state index is 0.00958. The average Bonchev–Trinajstić information content (AvgIpc) is 2.39. The molecule has 1 fully saturated rings. The third-order valence-electron chi connectivity index (χ3n) is 2.66. The lowest BCUT2D eigenvalue weighted by Gasteiger charge is -2.32. The van der Waals surface area contributed by atoms with Gasteiger partial charge in [-0.25, -0.2) is 4.98 Å². The highest BCUT2D eigenvalue weighted by Crippen LogP contribution is 2.15. The summed E-state index contributed by atoms with van der Waals surface area (Å²) < 4.78 is 5.36. The van der Waals surface area contributed by atoms with Gasteiger partial charge in [0.1, 0.15) is 5.82 Å². The molecule has 0 radical (unpaired) electrons. The first kappa shape index (κ1) is 11.3. The van der Waals surface area contributed by atoms with Crippen LogP contribution in [-0.4, -0.2) is 47.6 Å². The van der Waals surface area contributed by atoms with E-state index in [0.29, 0.717) is 13.2 Å². The number of pyridine rings is 1. The molecule has 1 aromatic rings. The molecule has 5 heteroatoms. The molecule has 1 aromatic heterocycles. The molecule has 0 bridgehead atoms. The lowest BCUT2D eigenvalue weighted by Crippen LogP contribution is -2.44. The van der Waals surface area contributed by atoms with E-state index >= 15 is 0 Å². The molecular weight excluding hydrogens is 208 g/mol. The average molecular weight is 224 g/mol. The topological polar surface area (TPSA) is 65.8 Å². The maximum absolute atomic E-state index is 9.03. The van der Waals surface area contributed by atoms with E-state index in [1.165, 1.54) is 0 Å². The summed E-state index contributed by atoms with van der Waals surface area (Å²) in [5.41, 5.74) is 0.802. The summed E-state index contributed by atoms with van der Waals surface area (Å²) in [6, 6.07) is 3.73. The van der Waals surface area contributed by atoms with Crippen molar-refractivity contribution in [1.82, 2.24) is 4.98 Å². The Morgan fingerprint density at radius 1 is 1.44 bits per heavy atom. The fraction of sp³-hybridized carbons (Fsp3) is 0.545. The van der Waals surface area contributed by atoms with E-state index in [9.17, 15) is 0 Å². The monoisotopic (exact) mass is 224 g/mol. The zero-order valence-corrected chi connectivity index (χ0v) is 9.04. The maximum Gasteiger partial charge on any atom is 0.128 e. The van der Waals surface area contributed by atoms with Gasteiger partial charge < -0.3 is 19.8 Å². The van der Waals surface area contributed by atoms with Crippen LogP contribution in [0.2, 0.25) is 0 Å². The first-order valence-electron chi connectivity index (χ1n) is 5.36. The van der Waals surface area contributed by atoms with Crippen LogP contribution in [0.5, 0.6) is 0 Å². The van der Waals surface area contributed by atoms with Crippen LogP contribution in [0.25, 0.3) is 0 Å². The third-order valence-corrected chi connectivity index (χ3v) is 2.66. The number of hydrogen-bond donors (Lipinski definition) is 2. The van der Waals surface area contributed by atoms with Crippen molar-refractivity contribution in [1.29, 1.82) is 0 Å². The van der Waals surface area contributed by atoms with Crippen molar-refractivity contribution < 1.29 is 14.9 Å². The van der Waals surface area contributed by atoms with Crippen molar-refractivity contribution >= 4 is 5.82 Å². The fourth-order valence-corrected chi connectivity index (χ4v) is 1.74. The number of morpholine rings is 1. The summed E-state index contributed by atoms with van der Waals surface area (Å²) in [5, 5.41) is 17.9. The van der Waals surface area contributed by atoms with E-state index in [-0.39, 0.29) is 19.3 Å². The predicted octanol–water partition coefficient (Wildman–Crippen LogP) is -0.229. The van der Waals surface area contributed by atoms with Crippen molar-refractivity contribution in [2.45, 2.75) is 12.7 Å². The highest BCUT2D eigenvalue weighted by molar-refractivity contribution is 5.39. The van der Waals surface area contributed by atoms with Crippen LogP contribution in [0.15, 0.2) is 18.3 Å². The Hall–Kier alpha value is -1.17. The van der Waals surface area contributed by atoms with E-state index in [4.69, 9.17) is 14.9 Å². The molecule has 1 aliphatic rings. The largest absolute Gasteiger partial charge is 0.394 e. The number of aliphatic hydroxyl groups is 2. The van der Waals surface area contributed by atoms with Crippen molar-refractivity contribution in [3.8, 4) is 0 Å². The van der Waals surface area contributed by atoms with Crippen molar-refractivity contribution in [3.05, 3.63) is 23.9 Å². The number of aliphatic hydroxyl groups excluding tert-OH is 2. The third kappa shape index (κ3) is 2.49. The standard InChI is InChI=1S/C11H16N2O3/c14-7-9-1-2-11(12-5-9)13-3-4-16-10(6-13)8-15/h1-2,5,10,14-15H,3-4,6-8H2. The van der Waals surface area contributed by atoms with Crippen LogP contribution in [0.1, 0.15) is 5.56 Å². The summed E-state index contributed by atoms with van der Waals surface area (Å²) in [6.07, 6.45) is 1.53. The Balaban J connectivity index is 2.05. The molecule has 5 nitrogen and oxygen atoms in total. The lowest BCUT2D eigenvalue weighted by atomic mass is 10.2. The molecule has 1 saturated heterocycles. The van der Waals surface area contributed by atoms with E-state index in [1.807, 2.05) is 12.1 Å². The van der Waals surface area contributed by atoms with Crippen LogP contribution in [0.3, 0.4) is 0 Å². The SMILES string of the molecule is OCc1ccc(N2CCOC(CO)C2)nc1. The van der Waals surface area contributed by atoms with Gasteiger partial charge in [-0.2, -0.15) is 0 Å². The lowest BCUT2D eigenvalue weighted by molar-refractivity contribution is 0.00336. The maximum atomic E-state index is 9.03. The Morgan fingerprint density at radius 3 is 2.94 bits per heavy atom. The Labute approximate surface area is 94.3 Å². The number of nitrogens with zero attached hydrogens (tertiary/aromatic N) is 2. The van der Waals surface area contributed by atoms with Gasteiger partial charge in [-0.3, -0.25) is 0 Å². The van der Waals surface area contributed by atoms with Gasteiger partial charge in [0.15, 0.2) is 0 Å². The van der Waals surface area contributed by atoms with Gasteiger partial charge in [-0.05, 0) is 11.6 Å². The number of aromatic nitrogens is 1. The highest BCUT2D eigenvalue weighted by atomic mass is 16.5. The minimum atomic E-state index is -0.131. The first-order chi connectivity index (χ1) is 7.83. The zero-order valence-electron chi connectivity index (χ0n) is 9.04. The van der Waals surface area contributed by atoms with Crippen LogP contribution in [0, 0.1) is 0 Å². The van der Waals surface area contributed by atoms with E-state index in [0.717, 1.165) is 17.9 Å². The highest BCUT2D eigenvalue weighted by Gasteiger charge is 2.20. The van der Waals surface area contributed by atoms with Crippen molar-refractivity contribution in [3.63, 3.8) is 0 Å². The predicted molar refractivity (Wildman–Crippen MR) is 59.2 cm³/mol. The van der Waals surface area contributed by atoms with Crippen LogP contribution >= 0.6 is 0 Å². The molecule has 16 heavy (non-hydrogen) atoms. The second kappa shape index (κ2) is 5.25. The summed E-state index contributed by atoms with van der Waals surface area (Å²) >= 11 is 0. The number of ether oxygens (including phenoxy) is 1. The smallest absolute Gasteiger partial charge is 0.128 e. The van der Waals surface area contributed by atoms with Gasteiger partial charge >= 0.3 is 0 Å². The molecule has 1 atom stereocenters. The Kier molecular flexibility index (Phi) is 3.71. The van der Waals surface area contributed by atoms with Gasteiger partial charge in [-0.1, -0.05) is 6.07 Å². The van der Waals surface area contributed by atoms with E-state index in [2.05, 4.69) is 9.88 Å². The molecule has 0 saturated carbocycles. The van der Waals surface area contributed by atoms with Gasteiger partial charge in [0, 0.05) is 19.3 Å². The van der Waals surface area contributed by atoms with Crippen molar-refractivity contribution in [2.75, 3.05) is 31.2 Å². The van der Waals surface area contributed by atoms with Crippen LogP contribution < -0.4 is 4.90 Å². The molecule has 2 N–H and O–H groups in total. The summed E-state index contributed by atoms with van der Waals surface area (Å²) in [7, 11) is 0. The molecule has 0 spiro atoms. The van der Waals surface area contributed by atoms with Crippen LogP contribution in [0.4, 0.5) is 5.82 Å².